The van der Waals surface area contributed by atoms with Crippen molar-refractivity contribution in [3.63, 3.8) is 0 Å². The molecule has 1 aliphatic rings. The van der Waals surface area contributed by atoms with Gasteiger partial charge in [-0.05, 0) is 32.3 Å². The SMILES string of the molecule is COc1cccc([C@H]2C(=C(O)c3ccc(Br)cc3)C(=O)C(=O)N2CCN(C)C)c1OC. The van der Waals surface area contributed by atoms with Crippen molar-refractivity contribution in [2.45, 2.75) is 6.04 Å². The molecule has 1 amide bonds. The van der Waals surface area contributed by atoms with Crippen molar-refractivity contribution >= 4 is 33.4 Å². The number of likely N-dealkylation sites (tertiary alicyclic amines) is 1. The molecule has 1 N–H and O–H groups in total. The highest BCUT2D eigenvalue weighted by Crippen LogP contribution is 2.45. The largest absolute Gasteiger partial charge is 0.507 e. The third-order valence-corrected chi connectivity index (χ3v) is 5.70. The van der Waals surface area contributed by atoms with Crippen LogP contribution in [0.4, 0.5) is 0 Å². The van der Waals surface area contributed by atoms with E-state index in [2.05, 4.69) is 15.9 Å². The van der Waals surface area contributed by atoms with Gasteiger partial charge in [-0.1, -0.05) is 40.2 Å². The molecule has 0 spiro atoms. The summed E-state index contributed by atoms with van der Waals surface area (Å²) in [5, 5.41) is 11.1. The van der Waals surface area contributed by atoms with E-state index in [1.54, 1.807) is 42.5 Å². The standard InChI is InChI=1S/C23H25BrN2O5/c1-25(2)12-13-26-19(16-6-5-7-17(30-3)22(16)31-4)18(21(28)23(26)29)20(27)14-8-10-15(24)11-9-14/h5-11,19,27H,12-13H2,1-4H3/t19-/m0/s1. The minimum atomic E-state index is -0.811. The Labute approximate surface area is 190 Å². The van der Waals surface area contributed by atoms with Gasteiger partial charge in [0.05, 0.1) is 25.8 Å². The van der Waals surface area contributed by atoms with Gasteiger partial charge < -0.3 is 24.4 Å². The van der Waals surface area contributed by atoms with Crippen LogP contribution in [0, 0.1) is 0 Å². The summed E-state index contributed by atoms with van der Waals surface area (Å²) >= 11 is 3.36. The molecular weight excluding hydrogens is 464 g/mol. The molecule has 2 aromatic carbocycles. The van der Waals surface area contributed by atoms with Gasteiger partial charge in [-0.3, -0.25) is 9.59 Å². The van der Waals surface area contributed by atoms with Gasteiger partial charge in [-0.15, -0.1) is 0 Å². The van der Waals surface area contributed by atoms with E-state index in [1.807, 2.05) is 19.0 Å². The molecule has 31 heavy (non-hydrogen) atoms. The third-order valence-electron chi connectivity index (χ3n) is 5.17. The number of ketones is 1. The molecule has 1 aliphatic heterocycles. The maximum atomic E-state index is 13.1. The Bertz CT molecular complexity index is 1020. The number of ether oxygens (including phenoxy) is 2. The highest BCUT2D eigenvalue weighted by molar-refractivity contribution is 9.10. The van der Waals surface area contributed by atoms with E-state index in [1.165, 1.54) is 19.1 Å². The molecule has 3 rings (SSSR count). The molecule has 7 nitrogen and oxygen atoms in total. The molecule has 1 saturated heterocycles. The summed E-state index contributed by atoms with van der Waals surface area (Å²) in [6.07, 6.45) is 0. The molecule has 2 aromatic rings. The molecular formula is C23H25BrN2O5. The number of hydrogen-bond donors (Lipinski definition) is 1. The van der Waals surface area contributed by atoms with Gasteiger partial charge in [0.25, 0.3) is 11.7 Å². The summed E-state index contributed by atoms with van der Waals surface area (Å²) in [5.41, 5.74) is 1.04. The zero-order valence-corrected chi connectivity index (χ0v) is 19.5. The van der Waals surface area contributed by atoms with Crippen LogP contribution in [0.25, 0.3) is 5.76 Å². The Morgan fingerprint density at radius 3 is 2.35 bits per heavy atom. The summed E-state index contributed by atoms with van der Waals surface area (Å²) < 4.78 is 11.8. The molecule has 164 valence electrons. The van der Waals surface area contributed by atoms with Gasteiger partial charge in [0, 0.05) is 28.7 Å². The Kier molecular flexibility index (Phi) is 7.02. The first-order valence-corrected chi connectivity index (χ1v) is 10.5. The number of aliphatic hydroxyl groups is 1. The van der Waals surface area contributed by atoms with Crippen LogP contribution in [0.1, 0.15) is 17.2 Å². The predicted octanol–water partition coefficient (Wildman–Crippen LogP) is 3.45. The smallest absolute Gasteiger partial charge is 0.295 e. The number of hydrogen-bond acceptors (Lipinski definition) is 6. The lowest BCUT2D eigenvalue weighted by atomic mass is 9.94. The molecule has 0 aromatic heterocycles. The van der Waals surface area contributed by atoms with E-state index < -0.39 is 17.7 Å². The van der Waals surface area contributed by atoms with Crippen molar-refractivity contribution < 1.29 is 24.2 Å². The molecule has 0 saturated carbocycles. The zero-order chi connectivity index (χ0) is 22.7. The highest BCUT2D eigenvalue weighted by Gasteiger charge is 2.47. The predicted molar refractivity (Wildman–Crippen MR) is 121 cm³/mol. The van der Waals surface area contributed by atoms with E-state index in [4.69, 9.17) is 9.47 Å². The van der Waals surface area contributed by atoms with E-state index in [0.29, 0.717) is 35.7 Å². The maximum absolute atomic E-state index is 13.1. The van der Waals surface area contributed by atoms with Crippen LogP contribution in [0.15, 0.2) is 52.5 Å². The molecule has 0 radical (unpaired) electrons. The van der Waals surface area contributed by atoms with E-state index in [0.717, 1.165) is 4.47 Å². The van der Waals surface area contributed by atoms with Crippen molar-refractivity contribution in [1.29, 1.82) is 0 Å². The highest BCUT2D eigenvalue weighted by atomic mass is 79.9. The minimum absolute atomic E-state index is 0.0256. The quantitative estimate of drug-likeness (QED) is 0.365. The number of methoxy groups -OCH3 is 2. The fourth-order valence-electron chi connectivity index (χ4n) is 3.63. The molecule has 1 fully saturated rings. The average Bonchev–Trinajstić information content (AvgIpc) is 3.01. The van der Waals surface area contributed by atoms with E-state index in [9.17, 15) is 14.7 Å². The van der Waals surface area contributed by atoms with Crippen LogP contribution in [0.3, 0.4) is 0 Å². The molecule has 0 bridgehead atoms. The first-order valence-electron chi connectivity index (χ1n) is 9.70. The fourth-order valence-corrected chi connectivity index (χ4v) is 3.90. The second-order valence-electron chi connectivity index (χ2n) is 7.39. The minimum Gasteiger partial charge on any atom is -0.507 e. The average molecular weight is 489 g/mol. The number of carbonyl (C=O) groups is 2. The lowest BCUT2D eigenvalue weighted by Gasteiger charge is -2.28. The Hall–Kier alpha value is -2.84. The number of Topliss-reactive ketones (excluding diaryl/α,β-unsaturated/α-hetero) is 1. The van der Waals surface area contributed by atoms with Crippen LogP contribution in [-0.2, 0) is 9.59 Å². The number of rotatable bonds is 7. The fraction of sp³-hybridized carbons (Fsp3) is 0.304. The first kappa shape index (κ1) is 22.8. The number of likely N-dealkylation sites (N-methyl/N-ethyl adjacent to an activating group) is 1. The van der Waals surface area contributed by atoms with Crippen molar-refractivity contribution in [2.75, 3.05) is 41.4 Å². The second-order valence-corrected chi connectivity index (χ2v) is 8.30. The Morgan fingerprint density at radius 1 is 1.10 bits per heavy atom. The molecule has 0 unspecified atom stereocenters. The van der Waals surface area contributed by atoms with E-state index in [-0.39, 0.29) is 11.3 Å². The molecule has 1 heterocycles. The van der Waals surface area contributed by atoms with Crippen LogP contribution in [-0.4, -0.2) is 68.0 Å². The first-order chi connectivity index (χ1) is 14.8. The number of benzene rings is 2. The van der Waals surface area contributed by atoms with Crippen LogP contribution < -0.4 is 9.47 Å². The number of carbonyl (C=O) groups excluding carboxylic acids is 2. The Morgan fingerprint density at radius 2 is 1.77 bits per heavy atom. The van der Waals surface area contributed by atoms with Gasteiger partial charge in [-0.25, -0.2) is 0 Å². The second kappa shape index (κ2) is 9.53. The third kappa shape index (κ3) is 4.45. The van der Waals surface area contributed by atoms with Gasteiger partial charge in [0.1, 0.15) is 5.76 Å². The summed E-state index contributed by atoms with van der Waals surface area (Å²) in [6.45, 7) is 0.855. The van der Waals surface area contributed by atoms with Crippen molar-refractivity contribution in [3.05, 3.63) is 63.6 Å². The molecule has 8 heteroatoms. The van der Waals surface area contributed by atoms with Crippen LogP contribution in [0.2, 0.25) is 0 Å². The van der Waals surface area contributed by atoms with Crippen molar-refractivity contribution in [3.8, 4) is 11.5 Å². The number of halogens is 1. The van der Waals surface area contributed by atoms with Crippen molar-refractivity contribution in [2.24, 2.45) is 0 Å². The maximum Gasteiger partial charge on any atom is 0.295 e. The lowest BCUT2D eigenvalue weighted by Crippen LogP contribution is -2.35. The van der Waals surface area contributed by atoms with Crippen LogP contribution in [0.5, 0.6) is 11.5 Å². The number of amides is 1. The topological polar surface area (TPSA) is 79.3 Å². The molecule has 0 aliphatic carbocycles. The lowest BCUT2D eigenvalue weighted by molar-refractivity contribution is -0.140. The Balaban J connectivity index is 2.23. The number of para-hydroxylation sites is 1. The van der Waals surface area contributed by atoms with Crippen LogP contribution >= 0.6 is 15.9 Å². The summed E-state index contributed by atoms with van der Waals surface area (Å²) in [6, 6.07) is 11.4. The zero-order valence-electron chi connectivity index (χ0n) is 17.9. The summed E-state index contributed by atoms with van der Waals surface area (Å²) in [5.74, 6) is -0.729. The number of aliphatic hydroxyl groups excluding tert-OH is 1. The molecule has 1 atom stereocenters. The van der Waals surface area contributed by atoms with E-state index >= 15 is 0 Å². The summed E-state index contributed by atoms with van der Waals surface area (Å²) in [7, 11) is 6.80. The van der Waals surface area contributed by atoms with Crippen molar-refractivity contribution in [1.82, 2.24) is 9.80 Å². The number of nitrogens with zero attached hydrogens (tertiary/aromatic N) is 2. The van der Waals surface area contributed by atoms with Gasteiger partial charge in [0.15, 0.2) is 11.5 Å². The van der Waals surface area contributed by atoms with Gasteiger partial charge >= 0.3 is 0 Å². The van der Waals surface area contributed by atoms with Gasteiger partial charge in [0.2, 0.25) is 0 Å². The van der Waals surface area contributed by atoms with Gasteiger partial charge in [-0.2, -0.15) is 0 Å². The monoisotopic (exact) mass is 488 g/mol. The normalized spacial score (nSPS) is 18.0. The summed E-state index contributed by atoms with van der Waals surface area (Å²) in [4.78, 5) is 29.5.